The zero-order chi connectivity index (χ0) is 20.8. The summed E-state index contributed by atoms with van der Waals surface area (Å²) in [6.07, 6.45) is -0.765. The molecule has 1 atom stereocenters. The van der Waals surface area contributed by atoms with Gasteiger partial charge in [-0.05, 0) is 81.1 Å². The summed E-state index contributed by atoms with van der Waals surface area (Å²) in [6.45, 7) is 9.18. The number of amides is 2. The molecule has 150 valence electrons. The number of hydrazine groups is 1. The first-order chi connectivity index (χ1) is 13.2. The number of hydrogen-bond acceptors (Lipinski definition) is 4. The minimum Gasteiger partial charge on any atom is -0.483 e. The van der Waals surface area contributed by atoms with Crippen LogP contribution in [0.1, 0.15) is 29.2 Å². The van der Waals surface area contributed by atoms with Crippen molar-refractivity contribution in [2.24, 2.45) is 0 Å². The largest absolute Gasteiger partial charge is 0.483 e. The lowest BCUT2D eigenvalue weighted by atomic mass is 10.1. The Morgan fingerprint density at radius 1 is 0.964 bits per heavy atom. The number of carbonyl (C=O) groups excluding carboxylic acids is 2. The molecule has 2 N–H and O–H groups in total. The summed E-state index contributed by atoms with van der Waals surface area (Å²) in [4.78, 5) is 24.1. The first-order valence-electron chi connectivity index (χ1n) is 8.89. The first-order valence-corrected chi connectivity index (χ1v) is 9.69. The molecule has 0 saturated heterocycles. The highest BCUT2D eigenvalue weighted by Crippen LogP contribution is 2.27. The van der Waals surface area contributed by atoms with Gasteiger partial charge in [0.25, 0.3) is 11.8 Å². The van der Waals surface area contributed by atoms with Crippen LogP contribution < -0.4 is 20.3 Å². The number of carbonyl (C=O) groups is 2. The number of halogens is 1. The normalized spacial score (nSPS) is 11.5. The third-order valence-electron chi connectivity index (χ3n) is 4.26. The second-order valence-electron chi connectivity index (χ2n) is 6.70. The van der Waals surface area contributed by atoms with Gasteiger partial charge in [-0.3, -0.25) is 20.4 Å². The highest BCUT2D eigenvalue weighted by molar-refractivity contribution is 9.10. The monoisotopic (exact) mass is 448 g/mol. The molecule has 0 aliphatic heterocycles. The standard InChI is InChI=1S/C21H25BrN2O4/c1-12-6-7-18(10-13(12)2)28-16(5)21(26)24-23-19(25)11-27-20-14(3)8-17(22)9-15(20)4/h6-10,16H,11H2,1-5H3,(H,23,25)(H,24,26). The number of benzene rings is 2. The van der Waals surface area contributed by atoms with Gasteiger partial charge < -0.3 is 9.47 Å². The minimum atomic E-state index is -0.765. The van der Waals surface area contributed by atoms with Crippen LogP contribution in [0.15, 0.2) is 34.8 Å². The summed E-state index contributed by atoms with van der Waals surface area (Å²) in [7, 11) is 0. The van der Waals surface area contributed by atoms with E-state index in [0.717, 1.165) is 26.7 Å². The Morgan fingerprint density at radius 2 is 1.61 bits per heavy atom. The van der Waals surface area contributed by atoms with Crippen LogP contribution in [0.4, 0.5) is 0 Å². The average Bonchev–Trinajstić information content (AvgIpc) is 2.61. The highest BCUT2D eigenvalue weighted by atomic mass is 79.9. The maximum Gasteiger partial charge on any atom is 0.279 e. The molecular weight excluding hydrogens is 424 g/mol. The fourth-order valence-corrected chi connectivity index (χ4v) is 3.26. The molecule has 0 spiro atoms. The fraction of sp³-hybridized carbons (Fsp3) is 0.333. The molecule has 2 aromatic carbocycles. The number of nitrogens with one attached hydrogen (secondary N) is 2. The quantitative estimate of drug-likeness (QED) is 0.660. The summed E-state index contributed by atoms with van der Waals surface area (Å²) in [5, 5.41) is 0. The van der Waals surface area contributed by atoms with E-state index >= 15 is 0 Å². The molecular formula is C21H25BrN2O4. The van der Waals surface area contributed by atoms with Crippen LogP contribution in [0.25, 0.3) is 0 Å². The first kappa shape index (κ1) is 21.8. The second-order valence-corrected chi connectivity index (χ2v) is 7.62. The Bertz CT molecular complexity index is 860. The molecule has 0 saturated carbocycles. The van der Waals surface area contributed by atoms with Crippen molar-refractivity contribution < 1.29 is 19.1 Å². The molecule has 0 bridgehead atoms. The summed E-state index contributed by atoms with van der Waals surface area (Å²) < 4.78 is 12.1. The molecule has 0 aliphatic rings. The number of ether oxygens (including phenoxy) is 2. The summed E-state index contributed by atoms with van der Waals surface area (Å²) >= 11 is 3.42. The van der Waals surface area contributed by atoms with Crippen molar-refractivity contribution in [1.82, 2.24) is 10.9 Å². The van der Waals surface area contributed by atoms with E-state index in [1.54, 1.807) is 13.0 Å². The number of aryl methyl sites for hydroxylation is 4. The van der Waals surface area contributed by atoms with E-state index in [1.165, 1.54) is 0 Å². The third kappa shape index (κ3) is 5.99. The molecule has 0 radical (unpaired) electrons. The van der Waals surface area contributed by atoms with E-state index in [2.05, 4.69) is 26.8 Å². The molecule has 2 amide bonds. The van der Waals surface area contributed by atoms with Gasteiger partial charge in [0, 0.05) is 4.47 Å². The van der Waals surface area contributed by atoms with Crippen LogP contribution in [0, 0.1) is 27.7 Å². The molecule has 1 unspecified atom stereocenters. The van der Waals surface area contributed by atoms with Crippen molar-refractivity contribution in [1.29, 1.82) is 0 Å². The van der Waals surface area contributed by atoms with Crippen molar-refractivity contribution in [3.05, 3.63) is 57.1 Å². The van der Waals surface area contributed by atoms with Gasteiger partial charge in [-0.2, -0.15) is 0 Å². The Balaban J connectivity index is 1.81. The molecule has 28 heavy (non-hydrogen) atoms. The van der Waals surface area contributed by atoms with Crippen molar-refractivity contribution in [3.8, 4) is 11.5 Å². The highest BCUT2D eigenvalue weighted by Gasteiger charge is 2.16. The Morgan fingerprint density at radius 3 is 2.21 bits per heavy atom. The van der Waals surface area contributed by atoms with Crippen LogP contribution in [0.5, 0.6) is 11.5 Å². The maximum absolute atomic E-state index is 12.1. The molecule has 0 heterocycles. The van der Waals surface area contributed by atoms with E-state index in [-0.39, 0.29) is 6.61 Å². The Kier molecular flexibility index (Phi) is 7.45. The van der Waals surface area contributed by atoms with Gasteiger partial charge in [0.1, 0.15) is 11.5 Å². The van der Waals surface area contributed by atoms with Gasteiger partial charge in [0.05, 0.1) is 0 Å². The van der Waals surface area contributed by atoms with Crippen LogP contribution in [-0.2, 0) is 9.59 Å². The van der Waals surface area contributed by atoms with Crippen LogP contribution in [0.3, 0.4) is 0 Å². The van der Waals surface area contributed by atoms with E-state index in [1.807, 2.05) is 52.0 Å². The summed E-state index contributed by atoms with van der Waals surface area (Å²) in [5.74, 6) is 0.328. The van der Waals surface area contributed by atoms with Gasteiger partial charge in [0.15, 0.2) is 12.7 Å². The predicted molar refractivity (Wildman–Crippen MR) is 111 cm³/mol. The van der Waals surface area contributed by atoms with E-state index in [0.29, 0.717) is 11.5 Å². The van der Waals surface area contributed by atoms with Crippen LogP contribution in [0.2, 0.25) is 0 Å². The van der Waals surface area contributed by atoms with Crippen LogP contribution >= 0.6 is 15.9 Å². The van der Waals surface area contributed by atoms with Crippen molar-refractivity contribution in [2.45, 2.75) is 40.7 Å². The van der Waals surface area contributed by atoms with Crippen molar-refractivity contribution in [3.63, 3.8) is 0 Å². The van der Waals surface area contributed by atoms with Crippen LogP contribution in [-0.4, -0.2) is 24.5 Å². The van der Waals surface area contributed by atoms with Gasteiger partial charge in [0.2, 0.25) is 0 Å². The maximum atomic E-state index is 12.1. The summed E-state index contributed by atoms with van der Waals surface area (Å²) in [5.41, 5.74) is 8.75. The minimum absolute atomic E-state index is 0.212. The zero-order valence-electron chi connectivity index (χ0n) is 16.7. The lowest BCUT2D eigenvalue weighted by Crippen LogP contribution is -2.48. The SMILES string of the molecule is Cc1ccc(OC(C)C(=O)NNC(=O)COc2c(C)cc(Br)cc2C)cc1C. The predicted octanol–water partition coefficient (Wildman–Crippen LogP) is 3.68. The lowest BCUT2D eigenvalue weighted by Gasteiger charge is -2.16. The molecule has 6 nitrogen and oxygen atoms in total. The molecule has 0 aliphatic carbocycles. The Labute approximate surface area is 173 Å². The van der Waals surface area contributed by atoms with Gasteiger partial charge in [-0.25, -0.2) is 0 Å². The zero-order valence-corrected chi connectivity index (χ0v) is 18.3. The molecule has 7 heteroatoms. The van der Waals surface area contributed by atoms with E-state index in [9.17, 15) is 9.59 Å². The second kappa shape index (κ2) is 9.59. The molecule has 0 fully saturated rings. The van der Waals surface area contributed by atoms with Gasteiger partial charge >= 0.3 is 0 Å². The summed E-state index contributed by atoms with van der Waals surface area (Å²) in [6, 6.07) is 9.43. The van der Waals surface area contributed by atoms with E-state index in [4.69, 9.17) is 9.47 Å². The molecule has 2 aromatic rings. The van der Waals surface area contributed by atoms with Gasteiger partial charge in [-0.1, -0.05) is 22.0 Å². The topological polar surface area (TPSA) is 76.7 Å². The number of hydrogen-bond donors (Lipinski definition) is 2. The fourth-order valence-electron chi connectivity index (χ4n) is 2.58. The third-order valence-corrected chi connectivity index (χ3v) is 4.72. The van der Waals surface area contributed by atoms with Crippen molar-refractivity contribution in [2.75, 3.05) is 6.61 Å². The van der Waals surface area contributed by atoms with Gasteiger partial charge in [-0.15, -0.1) is 0 Å². The van der Waals surface area contributed by atoms with E-state index < -0.39 is 17.9 Å². The number of rotatable bonds is 6. The molecule has 0 aromatic heterocycles. The Hall–Kier alpha value is -2.54. The molecule has 2 rings (SSSR count). The van der Waals surface area contributed by atoms with Crippen molar-refractivity contribution >= 4 is 27.7 Å². The average molecular weight is 449 g/mol. The lowest BCUT2D eigenvalue weighted by molar-refractivity contribution is -0.133. The smallest absolute Gasteiger partial charge is 0.279 e.